The second kappa shape index (κ2) is 4.13. The number of halogens is 2. The fourth-order valence-corrected chi connectivity index (χ4v) is 1.17. The third-order valence-corrected chi connectivity index (χ3v) is 1.84. The van der Waals surface area contributed by atoms with Gasteiger partial charge in [-0.05, 0) is 6.92 Å². The van der Waals surface area contributed by atoms with Crippen LogP contribution in [0.1, 0.15) is 28.0 Å². The molecule has 0 saturated heterocycles. The van der Waals surface area contributed by atoms with Crippen molar-refractivity contribution in [2.75, 3.05) is 7.11 Å². The highest BCUT2D eigenvalue weighted by Crippen LogP contribution is 2.29. The van der Waals surface area contributed by atoms with Crippen LogP contribution in [0.2, 0.25) is 0 Å². The number of ether oxygens (including phenoxy) is 1. The minimum absolute atomic E-state index is 0.109. The van der Waals surface area contributed by atoms with Crippen molar-refractivity contribution in [3.63, 3.8) is 0 Å². The van der Waals surface area contributed by atoms with Gasteiger partial charge in [0.2, 0.25) is 0 Å². The summed E-state index contributed by atoms with van der Waals surface area (Å²) in [5, 5.41) is 0. The van der Waals surface area contributed by atoms with Gasteiger partial charge in [-0.15, -0.1) is 0 Å². The lowest BCUT2D eigenvalue weighted by Gasteiger charge is -2.10. The van der Waals surface area contributed by atoms with Gasteiger partial charge in [-0.1, -0.05) is 0 Å². The Bertz CT molecular complexity index is 353. The van der Waals surface area contributed by atoms with Crippen LogP contribution in [0, 0.1) is 6.92 Å². The number of carbonyl (C=O) groups is 1. The van der Waals surface area contributed by atoms with Crippen molar-refractivity contribution in [1.82, 2.24) is 4.98 Å². The summed E-state index contributed by atoms with van der Waals surface area (Å²) in [6.07, 6.45) is -1.38. The number of alkyl halides is 2. The van der Waals surface area contributed by atoms with E-state index in [4.69, 9.17) is 4.74 Å². The van der Waals surface area contributed by atoms with E-state index >= 15 is 0 Å². The monoisotopic (exact) mass is 201 g/mol. The molecule has 0 saturated carbocycles. The first-order chi connectivity index (χ1) is 6.61. The molecule has 76 valence electrons. The van der Waals surface area contributed by atoms with Gasteiger partial charge in [0.25, 0.3) is 6.43 Å². The molecule has 0 fully saturated rings. The molecule has 0 radical (unpaired) electrons. The molecule has 1 heterocycles. The van der Waals surface area contributed by atoms with Crippen LogP contribution in [0.4, 0.5) is 8.78 Å². The first-order valence-corrected chi connectivity index (χ1v) is 3.88. The molecule has 5 heteroatoms. The molecule has 0 unspecified atom stereocenters. The highest BCUT2D eigenvalue weighted by atomic mass is 19.3. The number of hydrogen-bond acceptors (Lipinski definition) is 3. The lowest BCUT2D eigenvalue weighted by Crippen LogP contribution is -2.02. The van der Waals surface area contributed by atoms with Crippen molar-refractivity contribution in [2.45, 2.75) is 13.3 Å². The molecule has 1 aromatic heterocycles. The van der Waals surface area contributed by atoms with Gasteiger partial charge in [0.15, 0.2) is 12.0 Å². The van der Waals surface area contributed by atoms with E-state index in [0.717, 1.165) is 6.20 Å². The minimum atomic E-state index is -2.72. The topological polar surface area (TPSA) is 39.2 Å². The van der Waals surface area contributed by atoms with E-state index in [2.05, 4.69) is 4.98 Å². The van der Waals surface area contributed by atoms with Gasteiger partial charge in [-0.3, -0.25) is 9.78 Å². The summed E-state index contributed by atoms with van der Waals surface area (Å²) in [5.41, 5.74) is -0.114. The number of aldehydes is 1. The van der Waals surface area contributed by atoms with Crippen molar-refractivity contribution in [3.8, 4) is 5.75 Å². The highest BCUT2D eigenvalue weighted by Gasteiger charge is 2.18. The molecule has 0 aliphatic carbocycles. The van der Waals surface area contributed by atoms with Crippen molar-refractivity contribution < 1.29 is 18.3 Å². The van der Waals surface area contributed by atoms with Gasteiger partial charge in [0, 0.05) is 6.20 Å². The van der Waals surface area contributed by atoms with Crippen LogP contribution < -0.4 is 4.74 Å². The van der Waals surface area contributed by atoms with Gasteiger partial charge in [0.05, 0.1) is 23.9 Å². The Hall–Kier alpha value is -1.52. The predicted octanol–water partition coefficient (Wildman–Crippen LogP) is 2.15. The zero-order valence-electron chi connectivity index (χ0n) is 7.75. The Morgan fingerprint density at radius 2 is 2.21 bits per heavy atom. The van der Waals surface area contributed by atoms with Crippen LogP contribution in [0.5, 0.6) is 5.75 Å². The van der Waals surface area contributed by atoms with Gasteiger partial charge in [0.1, 0.15) is 0 Å². The summed E-state index contributed by atoms with van der Waals surface area (Å²) in [7, 11) is 1.31. The van der Waals surface area contributed by atoms with Gasteiger partial charge in [-0.2, -0.15) is 0 Å². The van der Waals surface area contributed by atoms with Crippen LogP contribution in [-0.2, 0) is 0 Å². The maximum Gasteiger partial charge on any atom is 0.266 e. The second-order valence-corrected chi connectivity index (χ2v) is 2.66. The Balaban J connectivity index is 3.40. The van der Waals surface area contributed by atoms with Crippen LogP contribution in [0.3, 0.4) is 0 Å². The maximum absolute atomic E-state index is 12.4. The summed E-state index contributed by atoms with van der Waals surface area (Å²) >= 11 is 0. The number of methoxy groups -OCH3 is 1. The zero-order chi connectivity index (χ0) is 10.7. The molecule has 0 N–H and O–H groups in total. The average Bonchev–Trinajstić information content (AvgIpc) is 2.16. The molecule has 0 bridgehead atoms. The fourth-order valence-electron chi connectivity index (χ4n) is 1.17. The molecule has 1 aromatic rings. The summed E-state index contributed by atoms with van der Waals surface area (Å²) in [5.74, 6) is 0.109. The van der Waals surface area contributed by atoms with E-state index in [1.54, 1.807) is 6.92 Å². The van der Waals surface area contributed by atoms with Crippen molar-refractivity contribution >= 4 is 6.29 Å². The van der Waals surface area contributed by atoms with E-state index in [9.17, 15) is 13.6 Å². The predicted molar refractivity (Wildman–Crippen MR) is 45.9 cm³/mol. The molecule has 0 aliphatic heterocycles. The Morgan fingerprint density at radius 3 is 2.64 bits per heavy atom. The Labute approximate surface area is 79.7 Å². The second-order valence-electron chi connectivity index (χ2n) is 2.66. The van der Waals surface area contributed by atoms with E-state index in [-0.39, 0.29) is 11.3 Å². The SMILES string of the molecule is COc1c(C)ncc(C(F)F)c1C=O. The van der Waals surface area contributed by atoms with Gasteiger partial charge >= 0.3 is 0 Å². The summed E-state index contributed by atoms with van der Waals surface area (Å²) in [6.45, 7) is 1.58. The number of aromatic nitrogens is 1. The number of carbonyl (C=O) groups excluding carboxylic acids is 1. The van der Waals surface area contributed by atoms with E-state index < -0.39 is 12.0 Å². The first-order valence-electron chi connectivity index (χ1n) is 3.88. The van der Waals surface area contributed by atoms with Crippen molar-refractivity contribution in [3.05, 3.63) is 23.0 Å². The number of nitrogens with zero attached hydrogens (tertiary/aromatic N) is 1. The van der Waals surface area contributed by atoms with E-state index in [1.165, 1.54) is 7.11 Å². The molecule has 0 aliphatic rings. The Morgan fingerprint density at radius 1 is 1.57 bits per heavy atom. The van der Waals surface area contributed by atoms with Crippen LogP contribution in [-0.4, -0.2) is 18.4 Å². The fraction of sp³-hybridized carbons (Fsp3) is 0.333. The molecule has 0 spiro atoms. The summed E-state index contributed by atoms with van der Waals surface area (Å²) < 4.78 is 29.6. The van der Waals surface area contributed by atoms with Gasteiger partial charge in [-0.25, -0.2) is 8.78 Å². The summed E-state index contributed by atoms with van der Waals surface area (Å²) in [6, 6.07) is 0. The molecule has 1 rings (SSSR count). The van der Waals surface area contributed by atoms with Crippen molar-refractivity contribution in [1.29, 1.82) is 0 Å². The molecule has 0 atom stereocenters. The highest BCUT2D eigenvalue weighted by molar-refractivity contribution is 5.82. The number of aryl methyl sites for hydroxylation is 1. The number of rotatable bonds is 3. The third-order valence-electron chi connectivity index (χ3n) is 1.84. The van der Waals surface area contributed by atoms with Crippen LogP contribution >= 0.6 is 0 Å². The zero-order valence-corrected chi connectivity index (χ0v) is 7.75. The number of pyridine rings is 1. The molecule has 3 nitrogen and oxygen atoms in total. The average molecular weight is 201 g/mol. The molecular weight excluding hydrogens is 192 g/mol. The van der Waals surface area contributed by atoms with Crippen LogP contribution in [0.15, 0.2) is 6.20 Å². The van der Waals surface area contributed by atoms with E-state index in [0.29, 0.717) is 12.0 Å². The first kappa shape index (κ1) is 10.6. The lowest BCUT2D eigenvalue weighted by molar-refractivity contribution is 0.110. The maximum atomic E-state index is 12.4. The van der Waals surface area contributed by atoms with Crippen LogP contribution in [0.25, 0.3) is 0 Å². The third kappa shape index (κ3) is 1.71. The largest absolute Gasteiger partial charge is 0.494 e. The molecular formula is C9H9F2NO2. The Kier molecular flexibility index (Phi) is 3.11. The normalized spacial score (nSPS) is 10.4. The molecule has 14 heavy (non-hydrogen) atoms. The van der Waals surface area contributed by atoms with Crippen molar-refractivity contribution in [2.24, 2.45) is 0 Å². The number of hydrogen-bond donors (Lipinski definition) is 0. The lowest BCUT2D eigenvalue weighted by atomic mass is 10.1. The molecule has 0 amide bonds. The smallest absolute Gasteiger partial charge is 0.266 e. The standard InChI is InChI=1S/C9H9F2NO2/c1-5-8(14-2)7(4-13)6(3-12-5)9(10)11/h3-4,9H,1-2H3. The summed E-state index contributed by atoms with van der Waals surface area (Å²) in [4.78, 5) is 14.3. The van der Waals surface area contributed by atoms with Gasteiger partial charge < -0.3 is 4.74 Å². The van der Waals surface area contributed by atoms with E-state index in [1.807, 2.05) is 0 Å². The minimum Gasteiger partial charge on any atom is -0.494 e. The quantitative estimate of drug-likeness (QED) is 0.703. The molecule has 0 aromatic carbocycles.